The Hall–Kier alpha value is -0.840. The van der Waals surface area contributed by atoms with Gasteiger partial charge in [0, 0.05) is 37.8 Å². The lowest BCUT2D eigenvalue weighted by molar-refractivity contribution is 0.139. The summed E-state index contributed by atoms with van der Waals surface area (Å²) in [6, 6.07) is 2.57. The fourth-order valence-corrected chi connectivity index (χ4v) is 2.14. The Morgan fingerprint density at radius 2 is 2.22 bits per heavy atom. The molecule has 0 aromatic carbocycles. The van der Waals surface area contributed by atoms with E-state index in [-0.39, 0.29) is 0 Å². The molecule has 4 heteroatoms. The Kier molecular flexibility index (Phi) is 5.23. The lowest BCUT2D eigenvalue weighted by atomic mass is 10.2. The minimum atomic E-state index is 0.499. The fourth-order valence-electron chi connectivity index (χ4n) is 2.14. The van der Waals surface area contributed by atoms with Crippen LogP contribution in [0.15, 0.2) is 16.7 Å². The molecule has 0 aliphatic carbocycles. The average molecular weight is 252 g/mol. The van der Waals surface area contributed by atoms with Crippen LogP contribution in [0.2, 0.25) is 0 Å². The van der Waals surface area contributed by atoms with Crippen molar-refractivity contribution in [3.05, 3.63) is 23.7 Å². The van der Waals surface area contributed by atoms with Gasteiger partial charge in [0.25, 0.3) is 0 Å². The van der Waals surface area contributed by atoms with Gasteiger partial charge in [-0.1, -0.05) is 13.8 Å². The number of nitrogens with zero attached hydrogens (tertiary/aromatic N) is 1. The predicted molar refractivity (Wildman–Crippen MR) is 71.4 cm³/mol. The molecule has 1 aromatic rings. The molecule has 1 saturated heterocycles. The highest BCUT2D eigenvalue weighted by Crippen LogP contribution is 2.14. The molecule has 1 fully saturated rings. The maximum Gasteiger partial charge on any atom is 0.122 e. The van der Waals surface area contributed by atoms with E-state index in [0.29, 0.717) is 6.04 Å². The van der Waals surface area contributed by atoms with Crippen molar-refractivity contribution < 1.29 is 9.15 Å². The summed E-state index contributed by atoms with van der Waals surface area (Å²) in [6.07, 6.45) is 2.90. The van der Waals surface area contributed by atoms with E-state index in [1.165, 1.54) is 5.56 Å². The van der Waals surface area contributed by atoms with Gasteiger partial charge in [0.2, 0.25) is 0 Å². The van der Waals surface area contributed by atoms with Crippen LogP contribution in [0.3, 0.4) is 0 Å². The molecular weight excluding hydrogens is 228 g/mol. The Bertz CT molecular complexity index is 341. The molecule has 18 heavy (non-hydrogen) atoms. The lowest BCUT2D eigenvalue weighted by Crippen LogP contribution is -2.27. The van der Waals surface area contributed by atoms with Crippen molar-refractivity contribution in [1.82, 2.24) is 10.2 Å². The number of nitrogens with one attached hydrogen (secondary N) is 1. The smallest absolute Gasteiger partial charge is 0.122 e. The van der Waals surface area contributed by atoms with E-state index in [1.54, 1.807) is 6.26 Å². The van der Waals surface area contributed by atoms with Crippen LogP contribution in [-0.2, 0) is 17.8 Å². The first-order chi connectivity index (χ1) is 8.75. The summed E-state index contributed by atoms with van der Waals surface area (Å²) < 4.78 is 11.1. The van der Waals surface area contributed by atoms with Gasteiger partial charge in [-0.2, -0.15) is 0 Å². The monoisotopic (exact) mass is 252 g/mol. The summed E-state index contributed by atoms with van der Waals surface area (Å²) >= 11 is 0. The quantitative estimate of drug-likeness (QED) is 0.870. The van der Waals surface area contributed by atoms with Gasteiger partial charge in [-0.25, -0.2) is 0 Å². The Morgan fingerprint density at radius 1 is 1.33 bits per heavy atom. The van der Waals surface area contributed by atoms with Gasteiger partial charge in [0.15, 0.2) is 0 Å². The number of hydrogen-bond donors (Lipinski definition) is 1. The summed E-state index contributed by atoms with van der Waals surface area (Å²) in [5, 5.41) is 3.43. The van der Waals surface area contributed by atoms with Crippen LogP contribution < -0.4 is 5.32 Å². The van der Waals surface area contributed by atoms with E-state index in [9.17, 15) is 0 Å². The molecule has 0 atom stereocenters. The van der Waals surface area contributed by atoms with Crippen LogP contribution in [0.4, 0.5) is 0 Å². The van der Waals surface area contributed by atoms with Gasteiger partial charge in [-0.3, -0.25) is 4.90 Å². The predicted octanol–water partition coefficient (Wildman–Crippen LogP) is 2.00. The molecule has 102 valence electrons. The fraction of sp³-hybridized carbons (Fsp3) is 0.714. The van der Waals surface area contributed by atoms with Crippen LogP contribution in [-0.4, -0.2) is 37.2 Å². The molecular formula is C14H24N2O2. The van der Waals surface area contributed by atoms with Crippen molar-refractivity contribution in [2.45, 2.75) is 39.4 Å². The molecule has 1 N–H and O–H groups in total. The topological polar surface area (TPSA) is 37.6 Å². The zero-order valence-electron chi connectivity index (χ0n) is 11.4. The molecule has 0 saturated carbocycles. The Balaban J connectivity index is 1.89. The molecule has 0 amide bonds. The number of ether oxygens (including phenoxy) is 1. The van der Waals surface area contributed by atoms with E-state index < -0.39 is 0 Å². The van der Waals surface area contributed by atoms with Crippen LogP contribution >= 0.6 is 0 Å². The van der Waals surface area contributed by atoms with Crippen LogP contribution in [0.1, 0.15) is 31.6 Å². The Labute approximate surface area is 109 Å². The maximum absolute atomic E-state index is 5.62. The van der Waals surface area contributed by atoms with Crippen molar-refractivity contribution in [2.75, 3.05) is 26.3 Å². The third kappa shape index (κ3) is 4.12. The highest BCUT2D eigenvalue weighted by atomic mass is 16.5. The summed E-state index contributed by atoms with van der Waals surface area (Å²) in [5.74, 6) is 1.09. The van der Waals surface area contributed by atoms with Crippen molar-refractivity contribution in [3.63, 3.8) is 0 Å². The minimum Gasteiger partial charge on any atom is -0.468 e. The van der Waals surface area contributed by atoms with Crippen molar-refractivity contribution in [2.24, 2.45) is 0 Å². The second-order valence-corrected chi connectivity index (χ2v) is 5.15. The molecule has 0 unspecified atom stereocenters. The van der Waals surface area contributed by atoms with Crippen molar-refractivity contribution in [1.29, 1.82) is 0 Å². The molecule has 2 heterocycles. The molecule has 4 nitrogen and oxygen atoms in total. The third-order valence-electron chi connectivity index (χ3n) is 3.22. The summed E-state index contributed by atoms with van der Waals surface area (Å²) in [7, 11) is 0. The second kappa shape index (κ2) is 6.92. The minimum absolute atomic E-state index is 0.499. The van der Waals surface area contributed by atoms with E-state index >= 15 is 0 Å². The summed E-state index contributed by atoms with van der Waals surface area (Å²) in [5.41, 5.74) is 1.27. The van der Waals surface area contributed by atoms with E-state index in [0.717, 1.165) is 51.6 Å². The summed E-state index contributed by atoms with van der Waals surface area (Å²) in [6.45, 7) is 9.91. The lowest BCUT2D eigenvalue weighted by Gasteiger charge is -2.18. The van der Waals surface area contributed by atoms with Crippen LogP contribution in [0, 0.1) is 0 Å². The maximum atomic E-state index is 5.62. The first kappa shape index (κ1) is 13.6. The zero-order chi connectivity index (χ0) is 12.8. The van der Waals surface area contributed by atoms with Crippen LogP contribution in [0.5, 0.6) is 0 Å². The molecule has 1 aliphatic rings. The first-order valence-electron chi connectivity index (χ1n) is 6.84. The van der Waals surface area contributed by atoms with Gasteiger partial charge in [-0.15, -0.1) is 0 Å². The molecule has 0 bridgehead atoms. The number of rotatable bonds is 5. The zero-order valence-corrected chi connectivity index (χ0v) is 11.4. The molecule has 0 radical (unpaired) electrons. The molecule has 1 aromatic heterocycles. The molecule has 2 rings (SSSR count). The second-order valence-electron chi connectivity index (χ2n) is 5.15. The normalized spacial score (nSPS) is 18.2. The molecule has 0 spiro atoms. The average Bonchev–Trinajstić information content (AvgIpc) is 2.60. The highest BCUT2D eigenvalue weighted by molar-refractivity contribution is 5.16. The van der Waals surface area contributed by atoms with Gasteiger partial charge in [0.1, 0.15) is 5.76 Å². The van der Waals surface area contributed by atoms with Gasteiger partial charge < -0.3 is 14.5 Å². The summed E-state index contributed by atoms with van der Waals surface area (Å²) in [4.78, 5) is 2.41. The Morgan fingerprint density at radius 3 is 3.06 bits per heavy atom. The van der Waals surface area contributed by atoms with Crippen molar-refractivity contribution in [3.8, 4) is 0 Å². The van der Waals surface area contributed by atoms with E-state index in [2.05, 4.69) is 30.1 Å². The standard InChI is InChI=1S/C14H24N2O2/c1-12(2)15-10-13-4-8-18-14(13)11-16-5-3-7-17-9-6-16/h4,8,12,15H,3,5-7,9-11H2,1-2H3. The third-order valence-corrected chi connectivity index (χ3v) is 3.22. The van der Waals surface area contributed by atoms with E-state index in [1.807, 2.05) is 0 Å². The van der Waals surface area contributed by atoms with Crippen molar-refractivity contribution >= 4 is 0 Å². The number of hydrogen-bond acceptors (Lipinski definition) is 4. The largest absolute Gasteiger partial charge is 0.468 e. The van der Waals surface area contributed by atoms with Crippen LogP contribution in [0.25, 0.3) is 0 Å². The SMILES string of the molecule is CC(C)NCc1ccoc1CN1CCCOCC1. The van der Waals surface area contributed by atoms with Gasteiger partial charge in [-0.05, 0) is 12.5 Å². The van der Waals surface area contributed by atoms with Gasteiger partial charge >= 0.3 is 0 Å². The highest BCUT2D eigenvalue weighted by Gasteiger charge is 2.14. The van der Waals surface area contributed by atoms with E-state index in [4.69, 9.17) is 9.15 Å². The first-order valence-corrected chi connectivity index (χ1v) is 6.84. The number of furan rings is 1. The molecule has 1 aliphatic heterocycles. The van der Waals surface area contributed by atoms with Gasteiger partial charge in [0.05, 0.1) is 19.4 Å².